The van der Waals surface area contributed by atoms with Gasteiger partial charge in [-0.3, -0.25) is 0 Å². The summed E-state index contributed by atoms with van der Waals surface area (Å²) in [4.78, 5) is 21.0. The Morgan fingerprint density at radius 3 is 1.61 bits per heavy atom. The summed E-state index contributed by atoms with van der Waals surface area (Å²) in [6, 6.07) is 0. The Kier molecular flexibility index (Phi) is 16.3. The maximum Gasteiger partial charge on any atom is 0.515 e. The highest BCUT2D eigenvalue weighted by Crippen LogP contribution is 2.32. The third-order valence-electron chi connectivity index (χ3n) is 3.95. The summed E-state index contributed by atoms with van der Waals surface area (Å²) in [6.45, 7) is 9.13. The smallest absolute Gasteiger partial charge is 0.434 e. The number of hydrogen-bond donors (Lipinski definition) is 2. The van der Waals surface area contributed by atoms with E-state index in [1.807, 2.05) is 13.8 Å². The molecular weight excluding hydrogens is 545 g/mol. The Hall–Kier alpha value is 0.200. The lowest BCUT2D eigenvalue weighted by molar-refractivity contribution is -0.0554. The lowest BCUT2D eigenvalue weighted by atomic mass is 9.87. The fourth-order valence-corrected chi connectivity index (χ4v) is 2.16. The number of carbonyl (C=O) groups is 2. The van der Waals surface area contributed by atoms with Crippen LogP contribution in [0.2, 0.25) is 0 Å². The molecule has 0 spiro atoms. The molecule has 1 saturated heterocycles. The van der Waals surface area contributed by atoms with Gasteiger partial charge in [-0.15, -0.1) is 0 Å². The average Bonchev–Trinajstić information content (AvgIpc) is 2.62. The van der Waals surface area contributed by atoms with E-state index >= 15 is 0 Å². The van der Waals surface area contributed by atoms with Crippen molar-refractivity contribution in [3.05, 3.63) is 0 Å². The third-order valence-corrected chi connectivity index (χ3v) is 4.41. The quantitative estimate of drug-likeness (QED) is 0.298. The Bertz CT molecular complexity index is 495. The molecule has 0 aromatic carbocycles. The number of halogens is 6. The fraction of sp³-hybridized carbons (Fsp3) is 0.882. The van der Waals surface area contributed by atoms with Crippen LogP contribution in [-0.2, 0) is 18.9 Å². The van der Waals surface area contributed by atoms with E-state index in [0.717, 1.165) is 19.3 Å². The zero-order chi connectivity index (χ0) is 24.9. The van der Waals surface area contributed by atoms with Gasteiger partial charge in [-0.2, -0.15) is 0 Å². The van der Waals surface area contributed by atoms with Gasteiger partial charge in [0.05, 0.1) is 13.2 Å². The molecule has 0 amide bonds. The van der Waals surface area contributed by atoms with Crippen molar-refractivity contribution in [2.45, 2.75) is 54.9 Å². The first kappa shape index (κ1) is 33.4. The maximum absolute atomic E-state index is 10.5. The lowest BCUT2D eigenvalue weighted by Gasteiger charge is -2.31. The molecule has 1 aliphatic heterocycles. The van der Waals surface area contributed by atoms with Crippen LogP contribution in [-0.4, -0.2) is 56.9 Å². The van der Waals surface area contributed by atoms with Crippen molar-refractivity contribution in [1.29, 1.82) is 0 Å². The number of aliphatic hydroxyl groups excluding tert-OH is 2. The SMILES string of the molecule is CCC(C)(CO)CO.CCCC1(C)COC(=O)OC1.O=C(OC(Cl)(Cl)Cl)OC(Cl)(Cl)Cl. The monoisotopic (exact) mass is 570 g/mol. The first-order valence-corrected chi connectivity index (χ1v) is 11.3. The van der Waals surface area contributed by atoms with Crippen LogP contribution in [0.3, 0.4) is 0 Å². The van der Waals surface area contributed by atoms with Gasteiger partial charge in [-0.1, -0.05) is 34.1 Å². The number of hydrogen-bond acceptors (Lipinski definition) is 8. The molecule has 1 heterocycles. The lowest BCUT2D eigenvalue weighted by Crippen LogP contribution is -2.36. The largest absolute Gasteiger partial charge is 0.515 e. The van der Waals surface area contributed by atoms with E-state index in [1.165, 1.54) is 0 Å². The highest BCUT2D eigenvalue weighted by molar-refractivity contribution is 6.67. The summed E-state index contributed by atoms with van der Waals surface area (Å²) >= 11 is 30.2. The van der Waals surface area contributed by atoms with Crippen molar-refractivity contribution in [1.82, 2.24) is 0 Å². The Morgan fingerprint density at radius 1 is 1.00 bits per heavy atom. The summed E-state index contributed by atoms with van der Waals surface area (Å²) in [6.07, 6.45) is 1.02. The number of alkyl halides is 6. The van der Waals surface area contributed by atoms with E-state index in [-0.39, 0.29) is 24.0 Å². The molecular formula is C17H28Cl6O8. The number of carbonyl (C=O) groups excluding carboxylic acids is 2. The Balaban J connectivity index is 0. The molecule has 1 rings (SSSR count). The molecule has 31 heavy (non-hydrogen) atoms. The third kappa shape index (κ3) is 19.4. The minimum Gasteiger partial charge on any atom is -0.434 e. The average molecular weight is 573 g/mol. The highest BCUT2D eigenvalue weighted by atomic mass is 35.6. The fourth-order valence-electron chi connectivity index (χ4n) is 1.78. The van der Waals surface area contributed by atoms with Crippen molar-refractivity contribution in [2.24, 2.45) is 10.8 Å². The van der Waals surface area contributed by atoms with Gasteiger partial charge in [0.15, 0.2) is 0 Å². The van der Waals surface area contributed by atoms with Crippen LogP contribution in [0, 0.1) is 10.8 Å². The van der Waals surface area contributed by atoms with Gasteiger partial charge in [-0.05, 0) is 82.4 Å². The van der Waals surface area contributed by atoms with E-state index in [9.17, 15) is 9.59 Å². The van der Waals surface area contributed by atoms with Crippen LogP contribution in [0.1, 0.15) is 47.0 Å². The zero-order valence-corrected chi connectivity index (χ0v) is 22.1. The zero-order valence-electron chi connectivity index (χ0n) is 17.6. The minimum atomic E-state index is -2.24. The van der Waals surface area contributed by atoms with Crippen molar-refractivity contribution in [2.75, 3.05) is 26.4 Å². The standard InChI is InChI=1S/C8H14O3.C6H14O2.C3Cl6O3/c1-3-4-8(2)5-10-7(9)11-6-8;1-3-6(2,4-7)5-8;4-2(5,6)11-1(10)12-3(7,8)9/h3-6H2,1-2H3;7-8H,3-5H2,1-2H3;. The van der Waals surface area contributed by atoms with Crippen LogP contribution in [0.4, 0.5) is 9.59 Å². The topological polar surface area (TPSA) is 112 Å². The van der Waals surface area contributed by atoms with Crippen LogP contribution in [0.5, 0.6) is 0 Å². The molecule has 0 unspecified atom stereocenters. The number of ether oxygens (including phenoxy) is 4. The molecule has 0 saturated carbocycles. The van der Waals surface area contributed by atoms with Crippen LogP contribution in [0.25, 0.3) is 0 Å². The van der Waals surface area contributed by atoms with Gasteiger partial charge >= 0.3 is 20.3 Å². The maximum atomic E-state index is 10.5. The predicted molar refractivity (Wildman–Crippen MR) is 121 cm³/mol. The molecule has 0 aromatic rings. The van der Waals surface area contributed by atoms with Gasteiger partial charge in [0, 0.05) is 10.8 Å². The van der Waals surface area contributed by atoms with Gasteiger partial charge in [0.2, 0.25) is 0 Å². The van der Waals surface area contributed by atoms with Crippen molar-refractivity contribution < 1.29 is 38.7 Å². The van der Waals surface area contributed by atoms with Gasteiger partial charge < -0.3 is 29.2 Å². The van der Waals surface area contributed by atoms with Crippen LogP contribution in [0.15, 0.2) is 0 Å². The number of aliphatic hydroxyl groups is 2. The van der Waals surface area contributed by atoms with E-state index in [1.54, 1.807) is 0 Å². The van der Waals surface area contributed by atoms with Crippen LogP contribution < -0.4 is 0 Å². The van der Waals surface area contributed by atoms with Crippen molar-refractivity contribution in [3.8, 4) is 0 Å². The molecule has 14 heteroatoms. The normalized spacial score (nSPS) is 15.8. The summed E-state index contributed by atoms with van der Waals surface area (Å²) in [5.74, 6) is 0. The van der Waals surface area contributed by atoms with Crippen LogP contribution >= 0.6 is 69.6 Å². The molecule has 1 aliphatic rings. The van der Waals surface area contributed by atoms with Gasteiger partial charge in [0.1, 0.15) is 13.2 Å². The number of cyclic esters (lactones) is 2. The van der Waals surface area contributed by atoms with E-state index in [4.69, 9.17) is 89.3 Å². The summed E-state index contributed by atoms with van der Waals surface area (Å²) in [5.41, 5.74) is -0.220. The molecule has 0 aromatic heterocycles. The summed E-state index contributed by atoms with van der Waals surface area (Å²) in [7, 11) is 0. The Morgan fingerprint density at radius 2 is 1.39 bits per heavy atom. The van der Waals surface area contributed by atoms with E-state index in [2.05, 4.69) is 23.3 Å². The second-order valence-electron chi connectivity index (χ2n) is 7.21. The van der Waals surface area contributed by atoms with E-state index in [0.29, 0.717) is 13.2 Å². The van der Waals surface area contributed by atoms with Gasteiger partial charge in [-0.25, -0.2) is 9.59 Å². The molecule has 2 N–H and O–H groups in total. The summed E-state index contributed by atoms with van der Waals surface area (Å²) in [5, 5.41) is 17.3. The van der Waals surface area contributed by atoms with E-state index < -0.39 is 20.3 Å². The second-order valence-corrected chi connectivity index (χ2v) is 11.6. The summed E-state index contributed by atoms with van der Waals surface area (Å²) < 4.78 is 13.1. The molecule has 186 valence electrons. The molecule has 0 radical (unpaired) electrons. The minimum absolute atomic E-state index is 0.0443. The van der Waals surface area contributed by atoms with Crippen molar-refractivity contribution in [3.63, 3.8) is 0 Å². The first-order valence-electron chi connectivity index (χ1n) is 9.01. The molecule has 0 atom stereocenters. The van der Waals surface area contributed by atoms with Crippen molar-refractivity contribution >= 4 is 81.9 Å². The molecule has 8 nitrogen and oxygen atoms in total. The first-order chi connectivity index (χ1) is 13.9. The second kappa shape index (κ2) is 15.2. The highest BCUT2D eigenvalue weighted by Gasteiger charge is 2.33. The molecule has 0 aliphatic carbocycles. The van der Waals surface area contributed by atoms with Gasteiger partial charge in [0.25, 0.3) is 0 Å². The predicted octanol–water partition coefficient (Wildman–Crippen LogP) is 6.14. The molecule has 1 fully saturated rings. The number of rotatable bonds is 5. The Labute approximate surface area is 212 Å². The molecule has 0 bridgehead atoms.